The fourth-order valence-electron chi connectivity index (χ4n) is 2.04. The Morgan fingerprint density at radius 1 is 1.37 bits per heavy atom. The summed E-state index contributed by atoms with van der Waals surface area (Å²) in [5, 5.41) is 9.75. The molecule has 0 spiro atoms. The van der Waals surface area contributed by atoms with Gasteiger partial charge in [0.05, 0.1) is 11.9 Å². The molecule has 3 rings (SSSR count). The Balaban J connectivity index is 1.95. The van der Waals surface area contributed by atoms with Crippen molar-refractivity contribution in [3.63, 3.8) is 0 Å². The second-order valence-corrected chi connectivity index (χ2v) is 5.37. The van der Waals surface area contributed by atoms with Crippen LogP contribution in [0.3, 0.4) is 0 Å². The minimum Gasteiger partial charge on any atom is -0.368 e. The number of aromatic nitrogens is 4. The Morgan fingerprint density at radius 3 is 2.84 bits per heavy atom. The molecule has 6 heteroatoms. The van der Waals surface area contributed by atoms with Crippen molar-refractivity contribution in [2.45, 2.75) is 6.04 Å². The molecule has 0 aromatic carbocycles. The molecule has 0 saturated carbocycles. The van der Waals surface area contributed by atoms with Gasteiger partial charge in [-0.1, -0.05) is 6.07 Å². The maximum Gasteiger partial charge on any atom is 0.136 e. The lowest BCUT2D eigenvalue weighted by Crippen LogP contribution is -2.15. The van der Waals surface area contributed by atoms with E-state index in [2.05, 4.69) is 32.9 Å². The van der Waals surface area contributed by atoms with Crippen LogP contribution >= 0.6 is 11.3 Å². The van der Waals surface area contributed by atoms with E-state index in [1.807, 2.05) is 43.4 Å². The number of nitrogens with one attached hydrogen (secondary N) is 1. The summed E-state index contributed by atoms with van der Waals surface area (Å²) in [6, 6.07) is 4.22. The van der Waals surface area contributed by atoms with Gasteiger partial charge in [-0.25, -0.2) is 4.98 Å². The van der Waals surface area contributed by atoms with Gasteiger partial charge in [0.1, 0.15) is 11.9 Å². The number of imidazole rings is 1. The highest BCUT2D eigenvalue weighted by Gasteiger charge is 2.19. The van der Waals surface area contributed by atoms with Crippen molar-refractivity contribution < 1.29 is 0 Å². The second kappa shape index (κ2) is 4.89. The topological polar surface area (TPSA) is 47.7 Å². The highest BCUT2D eigenvalue weighted by molar-refractivity contribution is 7.10. The zero-order valence-corrected chi connectivity index (χ0v) is 11.6. The lowest BCUT2D eigenvalue weighted by molar-refractivity contribution is 0.754. The van der Waals surface area contributed by atoms with Gasteiger partial charge in [0.25, 0.3) is 0 Å². The van der Waals surface area contributed by atoms with Crippen LogP contribution in [0.15, 0.2) is 42.3 Å². The lowest BCUT2D eigenvalue weighted by atomic mass is 10.2. The molecule has 3 aromatic rings. The first-order valence-electron chi connectivity index (χ1n) is 6.00. The quantitative estimate of drug-likeness (QED) is 0.794. The molecule has 0 amide bonds. The molecule has 0 saturated heterocycles. The first-order chi connectivity index (χ1) is 9.24. The highest BCUT2D eigenvalue weighted by Crippen LogP contribution is 2.28. The monoisotopic (exact) mass is 273 g/mol. The minimum atomic E-state index is 0.0456. The van der Waals surface area contributed by atoms with Crippen LogP contribution in [-0.4, -0.2) is 19.3 Å². The molecule has 3 aromatic heterocycles. The maximum atomic E-state index is 4.45. The van der Waals surface area contributed by atoms with Gasteiger partial charge in [0.15, 0.2) is 0 Å². The molecular weight excluding hydrogens is 258 g/mol. The number of anilines is 1. The number of rotatable bonds is 4. The summed E-state index contributed by atoms with van der Waals surface area (Å²) in [7, 11) is 3.92. The highest BCUT2D eigenvalue weighted by atomic mass is 32.1. The van der Waals surface area contributed by atoms with Crippen LogP contribution in [0.5, 0.6) is 0 Å². The van der Waals surface area contributed by atoms with Gasteiger partial charge in [0, 0.05) is 37.6 Å². The van der Waals surface area contributed by atoms with E-state index in [9.17, 15) is 0 Å². The smallest absolute Gasteiger partial charge is 0.136 e. The third-order valence-corrected chi connectivity index (χ3v) is 3.90. The molecule has 98 valence electrons. The largest absolute Gasteiger partial charge is 0.368 e. The van der Waals surface area contributed by atoms with Crippen molar-refractivity contribution in [3.05, 3.63) is 53.0 Å². The van der Waals surface area contributed by atoms with Gasteiger partial charge in [-0.2, -0.15) is 5.10 Å². The second-order valence-electron chi connectivity index (χ2n) is 4.39. The first-order valence-corrected chi connectivity index (χ1v) is 6.88. The van der Waals surface area contributed by atoms with Crippen LogP contribution in [0.1, 0.15) is 16.7 Å². The standard InChI is InChI=1S/C13H15N5S/c1-17-6-5-14-13(17)12(11-4-3-7-19-11)16-10-8-15-18(2)9-10/h3-9,12,16H,1-2H3. The first kappa shape index (κ1) is 12.0. The van der Waals surface area contributed by atoms with Crippen LogP contribution in [-0.2, 0) is 14.1 Å². The number of hydrogen-bond donors (Lipinski definition) is 1. The van der Waals surface area contributed by atoms with Crippen molar-refractivity contribution in [1.29, 1.82) is 0 Å². The minimum absolute atomic E-state index is 0.0456. The van der Waals surface area contributed by atoms with Gasteiger partial charge in [-0.3, -0.25) is 4.68 Å². The Morgan fingerprint density at radius 2 is 2.26 bits per heavy atom. The van der Waals surface area contributed by atoms with Gasteiger partial charge >= 0.3 is 0 Å². The number of aryl methyl sites for hydroxylation is 2. The molecule has 0 fully saturated rings. The van der Waals surface area contributed by atoms with E-state index in [0.717, 1.165) is 11.5 Å². The Kier molecular flexibility index (Phi) is 3.08. The van der Waals surface area contributed by atoms with E-state index in [0.29, 0.717) is 0 Å². The summed E-state index contributed by atoms with van der Waals surface area (Å²) in [5.74, 6) is 0.992. The van der Waals surface area contributed by atoms with Gasteiger partial charge < -0.3 is 9.88 Å². The molecule has 0 aliphatic carbocycles. The maximum absolute atomic E-state index is 4.45. The number of thiophene rings is 1. The van der Waals surface area contributed by atoms with E-state index in [1.54, 1.807) is 16.0 Å². The van der Waals surface area contributed by atoms with Crippen molar-refractivity contribution in [1.82, 2.24) is 19.3 Å². The van der Waals surface area contributed by atoms with E-state index in [1.165, 1.54) is 4.88 Å². The predicted octanol–water partition coefficient (Wildman–Crippen LogP) is 2.42. The molecule has 19 heavy (non-hydrogen) atoms. The molecular formula is C13H15N5S. The predicted molar refractivity (Wildman–Crippen MR) is 76.2 cm³/mol. The summed E-state index contributed by atoms with van der Waals surface area (Å²) < 4.78 is 3.82. The summed E-state index contributed by atoms with van der Waals surface area (Å²) in [6.45, 7) is 0. The van der Waals surface area contributed by atoms with Crippen molar-refractivity contribution in [2.75, 3.05) is 5.32 Å². The average molecular weight is 273 g/mol. The fourth-order valence-corrected chi connectivity index (χ4v) is 2.81. The van der Waals surface area contributed by atoms with Crippen LogP contribution in [0, 0.1) is 0 Å². The van der Waals surface area contributed by atoms with Crippen LogP contribution < -0.4 is 5.32 Å². The van der Waals surface area contributed by atoms with Gasteiger partial charge in [0.2, 0.25) is 0 Å². The molecule has 1 atom stereocenters. The number of nitrogens with zero attached hydrogens (tertiary/aromatic N) is 4. The van der Waals surface area contributed by atoms with E-state index >= 15 is 0 Å². The molecule has 1 N–H and O–H groups in total. The Hall–Kier alpha value is -2.08. The van der Waals surface area contributed by atoms with E-state index < -0.39 is 0 Å². The van der Waals surface area contributed by atoms with Crippen LogP contribution in [0.2, 0.25) is 0 Å². The van der Waals surface area contributed by atoms with E-state index in [-0.39, 0.29) is 6.04 Å². The third kappa shape index (κ3) is 2.39. The molecule has 3 heterocycles. The van der Waals surface area contributed by atoms with Gasteiger partial charge in [-0.05, 0) is 11.4 Å². The summed E-state index contributed by atoms with van der Waals surface area (Å²) in [5.41, 5.74) is 0.990. The summed E-state index contributed by atoms with van der Waals surface area (Å²) >= 11 is 1.72. The normalized spacial score (nSPS) is 12.5. The molecule has 0 aliphatic heterocycles. The van der Waals surface area contributed by atoms with Crippen molar-refractivity contribution in [2.24, 2.45) is 14.1 Å². The van der Waals surface area contributed by atoms with E-state index in [4.69, 9.17) is 0 Å². The van der Waals surface area contributed by atoms with Crippen molar-refractivity contribution >= 4 is 17.0 Å². The van der Waals surface area contributed by atoms with Crippen molar-refractivity contribution in [3.8, 4) is 0 Å². The SMILES string of the molecule is Cn1cc(NC(c2cccs2)c2nccn2C)cn1. The Labute approximate surface area is 115 Å². The zero-order valence-electron chi connectivity index (χ0n) is 10.8. The third-order valence-electron chi connectivity index (χ3n) is 2.96. The molecule has 0 radical (unpaired) electrons. The Bertz CT molecular complexity index is 652. The zero-order chi connectivity index (χ0) is 13.2. The average Bonchev–Trinajstić information content (AvgIpc) is 3.08. The van der Waals surface area contributed by atoms with Crippen LogP contribution in [0.4, 0.5) is 5.69 Å². The summed E-state index contributed by atoms with van der Waals surface area (Å²) in [4.78, 5) is 5.69. The molecule has 0 aliphatic rings. The summed E-state index contributed by atoms with van der Waals surface area (Å²) in [6.07, 6.45) is 7.56. The molecule has 1 unspecified atom stereocenters. The van der Waals surface area contributed by atoms with Gasteiger partial charge in [-0.15, -0.1) is 11.3 Å². The molecule has 5 nitrogen and oxygen atoms in total. The lowest BCUT2D eigenvalue weighted by Gasteiger charge is -2.17. The fraction of sp³-hybridized carbons (Fsp3) is 0.231. The number of hydrogen-bond acceptors (Lipinski definition) is 4. The molecule has 0 bridgehead atoms. The van der Waals surface area contributed by atoms with Crippen LogP contribution in [0.25, 0.3) is 0 Å².